The predicted molar refractivity (Wildman–Crippen MR) is 73.8 cm³/mol. The monoisotopic (exact) mass is 242 g/mol. The second-order valence-corrected chi connectivity index (χ2v) is 5.64. The van der Waals surface area contributed by atoms with Gasteiger partial charge in [-0.1, -0.05) is 27.7 Å². The van der Waals surface area contributed by atoms with Crippen molar-refractivity contribution in [2.24, 2.45) is 17.1 Å². The molecule has 0 aliphatic heterocycles. The normalized spacial score (nSPS) is 12.3. The minimum absolute atomic E-state index is 0.230. The molecule has 0 bridgehead atoms. The van der Waals surface area contributed by atoms with Crippen LogP contribution in [-0.2, 0) is 4.79 Å². The summed E-state index contributed by atoms with van der Waals surface area (Å²) < 4.78 is 0. The maximum absolute atomic E-state index is 12.7. The van der Waals surface area contributed by atoms with E-state index in [2.05, 4.69) is 41.5 Å². The van der Waals surface area contributed by atoms with Crippen LogP contribution in [0.3, 0.4) is 0 Å². The lowest BCUT2D eigenvalue weighted by molar-refractivity contribution is -0.144. The number of nitrogens with two attached hydrogens (primary N) is 1. The van der Waals surface area contributed by atoms with Gasteiger partial charge in [0.25, 0.3) is 0 Å². The minimum Gasteiger partial charge on any atom is -0.339 e. The standard InChI is InChI=1S/C14H30N2O/c1-7-14(8-2,10-15)13(17)16(12(5)6)9-11(3)4/h11-12H,7-10,15H2,1-6H3. The van der Waals surface area contributed by atoms with Crippen molar-refractivity contribution in [3.63, 3.8) is 0 Å². The van der Waals surface area contributed by atoms with Gasteiger partial charge in [0.1, 0.15) is 0 Å². The predicted octanol–water partition coefficient (Wildman–Crippen LogP) is 2.64. The van der Waals surface area contributed by atoms with Crippen LogP contribution >= 0.6 is 0 Å². The molecule has 0 saturated heterocycles. The highest BCUT2D eigenvalue weighted by Crippen LogP contribution is 2.29. The zero-order chi connectivity index (χ0) is 13.6. The van der Waals surface area contributed by atoms with Gasteiger partial charge in [0.2, 0.25) is 5.91 Å². The Hall–Kier alpha value is -0.570. The molecule has 0 aromatic heterocycles. The van der Waals surface area contributed by atoms with E-state index in [-0.39, 0.29) is 17.4 Å². The Labute approximate surface area is 107 Å². The summed E-state index contributed by atoms with van der Waals surface area (Å²) in [7, 11) is 0. The molecule has 0 aromatic rings. The number of rotatable bonds is 7. The lowest BCUT2D eigenvalue weighted by atomic mass is 9.80. The van der Waals surface area contributed by atoms with Crippen molar-refractivity contribution in [1.29, 1.82) is 0 Å². The fraction of sp³-hybridized carbons (Fsp3) is 0.929. The van der Waals surface area contributed by atoms with Gasteiger partial charge < -0.3 is 10.6 Å². The van der Waals surface area contributed by atoms with Crippen LogP contribution in [0.15, 0.2) is 0 Å². The van der Waals surface area contributed by atoms with E-state index < -0.39 is 0 Å². The van der Waals surface area contributed by atoms with Gasteiger partial charge in [-0.15, -0.1) is 0 Å². The van der Waals surface area contributed by atoms with E-state index >= 15 is 0 Å². The molecule has 0 atom stereocenters. The highest BCUT2D eigenvalue weighted by molar-refractivity contribution is 5.83. The van der Waals surface area contributed by atoms with Gasteiger partial charge in [0, 0.05) is 19.1 Å². The van der Waals surface area contributed by atoms with Gasteiger partial charge in [0.05, 0.1) is 5.41 Å². The van der Waals surface area contributed by atoms with Crippen molar-refractivity contribution in [2.75, 3.05) is 13.1 Å². The minimum atomic E-state index is -0.362. The van der Waals surface area contributed by atoms with Crippen molar-refractivity contribution in [3.8, 4) is 0 Å². The van der Waals surface area contributed by atoms with Crippen molar-refractivity contribution >= 4 is 5.91 Å². The van der Waals surface area contributed by atoms with Gasteiger partial charge in [-0.2, -0.15) is 0 Å². The Bertz CT molecular complexity index is 224. The molecule has 2 N–H and O–H groups in total. The first-order valence-corrected chi connectivity index (χ1v) is 6.85. The number of hydrogen-bond donors (Lipinski definition) is 1. The highest BCUT2D eigenvalue weighted by atomic mass is 16.2. The van der Waals surface area contributed by atoms with Crippen molar-refractivity contribution in [3.05, 3.63) is 0 Å². The molecule has 0 unspecified atom stereocenters. The van der Waals surface area contributed by atoms with E-state index in [0.29, 0.717) is 12.5 Å². The number of hydrogen-bond acceptors (Lipinski definition) is 2. The van der Waals surface area contributed by atoms with Crippen LogP contribution in [0.5, 0.6) is 0 Å². The Morgan fingerprint density at radius 1 is 1.18 bits per heavy atom. The number of nitrogens with zero attached hydrogens (tertiary/aromatic N) is 1. The van der Waals surface area contributed by atoms with Gasteiger partial charge in [0.15, 0.2) is 0 Å². The third-order valence-electron chi connectivity index (χ3n) is 3.64. The molecule has 0 rings (SSSR count). The first kappa shape index (κ1) is 16.4. The molecule has 3 heteroatoms. The van der Waals surface area contributed by atoms with Crippen molar-refractivity contribution in [1.82, 2.24) is 4.90 Å². The Balaban J connectivity index is 5.04. The third-order valence-corrected chi connectivity index (χ3v) is 3.64. The van der Waals surface area contributed by atoms with Crippen molar-refractivity contribution < 1.29 is 4.79 Å². The maximum Gasteiger partial charge on any atom is 0.230 e. The van der Waals surface area contributed by atoms with Crippen LogP contribution in [0.25, 0.3) is 0 Å². The van der Waals surface area contributed by atoms with E-state index in [1.54, 1.807) is 0 Å². The fourth-order valence-electron chi connectivity index (χ4n) is 2.15. The number of amides is 1. The van der Waals surface area contributed by atoms with E-state index in [9.17, 15) is 4.79 Å². The fourth-order valence-corrected chi connectivity index (χ4v) is 2.15. The first-order chi connectivity index (χ1) is 7.84. The van der Waals surface area contributed by atoms with Crippen LogP contribution in [-0.4, -0.2) is 29.9 Å². The van der Waals surface area contributed by atoms with Crippen LogP contribution in [0.1, 0.15) is 54.4 Å². The molecule has 17 heavy (non-hydrogen) atoms. The summed E-state index contributed by atoms with van der Waals surface area (Å²) in [6.45, 7) is 13.8. The summed E-state index contributed by atoms with van der Waals surface area (Å²) >= 11 is 0. The molecule has 0 fully saturated rings. The van der Waals surface area contributed by atoms with Crippen molar-refractivity contribution in [2.45, 2.75) is 60.4 Å². The quantitative estimate of drug-likeness (QED) is 0.746. The SMILES string of the molecule is CCC(CC)(CN)C(=O)N(CC(C)C)C(C)C. The van der Waals surface area contributed by atoms with Gasteiger partial charge in [-0.25, -0.2) is 0 Å². The Morgan fingerprint density at radius 2 is 1.65 bits per heavy atom. The largest absolute Gasteiger partial charge is 0.339 e. The maximum atomic E-state index is 12.7. The molecule has 102 valence electrons. The van der Waals surface area contributed by atoms with E-state index in [0.717, 1.165) is 19.4 Å². The molecular formula is C14H30N2O. The molecule has 0 saturated carbocycles. The van der Waals surface area contributed by atoms with E-state index in [1.807, 2.05) is 4.90 Å². The zero-order valence-electron chi connectivity index (χ0n) is 12.4. The summed E-state index contributed by atoms with van der Waals surface area (Å²) in [5.74, 6) is 0.722. The third kappa shape index (κ3) is 3.98. The van der Waals surface area contributed by atoms with Crippen LogP contribution in [0.2, 0.25) is 0 Å². The molecule has 0 spiro atoms. The van der Waals surface area contributed by atoms with Gasteiger partial charge >= 0.3 is 0 Å². The molecule has 0 aliphatic rings. The molecule has 0 aromatic carbocycles. The molecule has 1 amide bonds. The summed E-state index contributed by atoms with van der Waals surface area (Å²) in [6, 6.07) is 0.244. The highest BCUT2D eigenvalue weighted by Gasteiger charge is 2.37. The summed E-state index contributed by atoms with van der Waals surface area (Å²) in [6.07, 6.45) is 1.64. The molecule has 3 nitrogen and oxygen atoms in total. The Morgan fingerprint density at radius 3 is 1.88 bits per heavy atom. The smallest absolute Gasteiger partial charge is 0.230 e. The topological polar surface area (TPSA) is 46.3 Å². The lowest BCUT2D eigenvalue weighted by Gasteiger charge is -2.38. The average molecular weight is 242 g/mol. The average Bonchev–Trinajstić information content (AvgIpc) is 2.28. The van der Waals surface area contributed by atoms with Gasteiger partial charge in [-0.3, -0.25) is 4.79 Å². The van der Waals surface area contributed by atoms with Crippen LogP contribution in [0, 0.1) is 11.3 Å². The van der Waals surface area contributed by atoms with E-state index in [4.69, 9.17) is 5.73 Å². The van der Waals surface area contributed by atoms with Crippen LogP contribution < -0.4 is 5.73 Å². The molecule has 0 heterocycles. The number of carbonyl (C=O) groups is 1. The van der Waals surface area contributed by atoms with Crippen LogP contribution in [0.4, 0.5) is 0 Å². The lowest BCUT2D eigenvalue weighted by Crippen LogP contribution is -2.51. The summed E-state index contributed by atoms with van der Waals surface area (Å²) in [4.78, 5) is 14.7. The van der Waals surface area contributed by atoms with E-state index in [1.165, 1.54) is 0 Å². The Kier molecular flexibility index (Phi) is 6.76. The summed E-state index contributed by atoms with van der Waals surface area (Å²) in [5.41, 5.74) is 5.49. The number of carbonyl (C=O) groups excluding carboxylic acids is 1. The zero-order valence-corrected chi connectivity index (χ0v) is 12.4. The summed E-state index contributed by atoms with van der Waals surface area (Å²) in [5, 5.41) is 0. The van der Waals surface area contributed by atoms with Gasteiger partial charge in [-0.05, 0) is 32.6 Å². The second-order valence-electron chi connectivity index (χ2n) is 5.64. The molecule has 0 radical (unpaired) electrons. The first-order valence-electron chi connectivity index (χ1n) is 6.85. The second kappa shape index (κ2) is 7.00. The molecular weight excluding hydrogens is 212 g/mol. The molecule has 0 aliphatic carbocycles.